The van der Waals surface area contributed by atoms with Gasteiger partial charge in [0.25, 0.3) is 11.8 Å². The summed E-state index contributed by atoms with van der Waals surface area (Å²) >= 11 is 0. The Labute approximate surface area is 170 Å². The summed E-state index contributed by atoms with van der Waals surface area (Å²) in [5.74, 6) is 0.332. The van der Waals surface area contributed by atoms with E-state index < -0.39 is 0 Å². The van der Waals surface area contributed by atoms with E-state index >= 15 is 0 Å². The zero-order valence-electron chi connectivity index (χ0n) is 17.1. The molecule has 152 valence electrons. The maximum atomic E-state index is 13.0. The van der Waals surface area contributed by atoms with Gasteiger partial charge in [-0.15, -0.1) is 0 Å². The Morgan fingerprint density at radius 3 is 2.83 bits per heavy atom. The third-order valence-electron chi connectivity index (χ3n) is 5.76. The van der Waals surface area contributed by atoms with Gasteiger partial charge in [0.15, 0.2) is 0 Å². The molecule has 0 saturated heterocycles. The van der Waals surface area contributed by atoms with E-state index in [1.165, 1.54) is 12.6 Å². The quantitative estimate of drug-likeness (QED) is 0.813. The molecular weight excluding hydrogens is 368 g/mol. The maximum Gasteiger partial charge on any atom is 0.270 e. The van der Waals surface area contributed by atoms with Crippen molar-refractivity contribution in [3.8, 4) is 5.88 Å². The lowest BCUT2D eigenvalue weighted by Crippen LogP contribution is -2.28. The van der Waals surface area contributed by atoms with Crippen molar-refractivity contribution in [1.29, 1.82) is 0 Å². The summed E-state index contributed by atoms with van der Waals surface area (Å²) in [7, 11) is 0. The Morgan fingerprint density at radius 2 is 2.17 bits per heavy atom. The van der Waals surface area contributed by atoms with Crippen LogP contribution < -0.4 is 10.1 Å². The van der Waals surface area contributed by atoms with Crippen LogP contribution >= 0.6 is 0 Å². The van der Waals surface area contributed by atoms with Crippen molar-refractivity contribution < 1.29 is 14.3 Å². The smallest absolute Gasteiger partial charge is 0.270 e. The number of pyridine rings is 2. The Hall–Kier alpha value is -2.96. The molecule has 1 unspecified atom stereocenters. The number of ether oxygens (including phenoxy) is 1. The molecule has 0 spiro atoms. The monoisotopic (exact) mass is 394 g/mol. The number of fused-ring (bicyclic) bond motifs is 1. The fourth-order valence-electron chi connectivity index (χ4n) is 3.76. The van der Waals surface area contributed by atoms with E-state index in [0.29, 0.717) is 35.8 Å². The third kappa shape index (κ3) is 3.57. The van der Waals surface area contributed by atoms with Gasteiger partial charge in [-0.05, 0) is 57.7 Å². The zero-order valence-corrected chi connectivity index (χ0v) is 17.1. The normalized spacial score (nSPS) is 16.9. The first-order valence-corrected chi connectivity index (χ1v) is 10.2. The van der Waals surface area contributed by atoms with Crippen molar-refractivity contribution in [3.05, 3.63) is 52.5 Å². The van der Waals surface area contributed by atoms with Crippen molar-refractivity contribution in [1.82, 2.24) is 20.2 Å². The lowest BCUT2D eigenvalue weighted by molar-refractivity contribution is 0.0714. The van der Waals surface area contributed by atoms with Crippen molar-refractivity contribution in [2.24, 2.45) is 0 Å². The summed E-state index contributed by atoms with van der Waals surface area (Å²) in [6.07, 6.45) is 6.96. The summed E-state index contributed by atoms with van der Waals surface area (Å²) in [4.78, 5) is 35.8. The van der Waals surface area contributed by atoms with Gasteiger partial charge in [0.1, 0.15) is 11.8 Å². The minimum absolute atomic E-state index is 0.0899. The molecule has 1 saturated carbocycles. The van der Waals surface area contributed by atoms with Crippen LogP contribution in [0.25, 0.3) is 0 Å². The number of aryl methyl sites for hydroxylation is 1. The molecule has 7 heteroatoms. The topological polar surface area (TPSA) is 84.4 Å². The highest BCUT2D eigenvalue weighted by Crippen LogP contribution is 2.34. The summed E-state index contributed by atoms with van der Waals surface area (Å²) in [5, 5.41) is 2.77. The van der Waals surface area contributed by atoms with Crippen LogP contribution in [0.3, 0.4) is 0 Å². The fraction of sp³-hybridized carbons (Fsp3) is 0.455. The van der Waals surface area contributed by atoms with Crippen molar-refractivity contribution in [3.63, 3.8) is 0 Å². The second-order valence-electron chi connectivity index (χ2n) is 7.72. The number of aromatic nitrogens is 2. The van der Waals surface area contributed by atoms with E-state index in [2.05, 4.69) is 15.3 Å². The minimum atomic E-state index is -0.248. The maximum absolute atomic E-state index is 13.0. The van der Waals surface area contributed by atoms with Gasteiger partial charge in [-0.3, -0.25) is 14.6 Å². The Balaban J connectivity index is 1.55. The molecule has 3 heterocycles. The number of carbonyl (C=O) groups is 2. The molecule has 0 bridgehead atoms. The molecule has 2 amide bonds. The summed E-state index contributed by atoms with van der Waals surface area (Å²) < 4.78 is 5.93. The van der Waals surface area contributed by atoms with E-state index in [4.69, 9.17) is 4.74 Å². The summed E-state index contributed by atoms with van der Waals surface area (Å²) in [6.45, 7) is 6.68. The van der Waals surface area contributed by atoms with E-state index in [0.717, 1.165) is 24.0 Å². The molecule has 0 aromatic carbocycles. The van der Waals surface area contributed by atoms with Crippen molar-refractivity contribution >= 4 is 11.8 Å². The van der Waals surface area contributed by atoms with Gasteiger partial charge >= 0.3 is 0 Å². The standard InChI is InChI=1S/C22H26N4O3/c1-4-23-20(27)19-18-12-26(22(28)17(18)8-9-24-19)14(3)15-10-13(2)21(25-11-15)29-16-6-5-7-16/h8-11,14,16H,4-7,12H2,1-3H3,(H,23,27). The number of hydrogen-bond donors (Lipinski definition) is 1. The Morgan fingerprint density at radius 1 is 1.38 bits per heavy atom. The minimum Gasteiger partial charge on any atom is -0.474 e. The van der Waals surface area contributed by atoms with Gasteiger partial charge < -0.3 is 15.0 Å². The molecule has 2 aromatic heterocycles. The average molecular weight is 394 g/mol. The molecule has 1 atom stereocenters. The van der Waals surface area contributed by atoms with E-state index in [1.807, 2.05) is 26.8 Å². The average Bonchev–Trinajstić information content (AvgIpc) is 3.02. The fourth-order valence-corrected chi connectivity index (χ4v) is 3.76. The van der Waals surface area contributed by atoms with Gasteiger partial charge in [0, 0.05) is 42.2 Å². The molecule has 2 aliphatic rings. The number of amides is 2. The van der Waals surface area contributed by atoms with Crippen LogP contribution in [-0.4, -0.2) is 39.3 Å². The lowest BCUT2D eigenvalue weighted by Gasteiger charge is -2.28. The zero-order chi connectivity index (χ0) is 20.5. The van der Waals surface area contributed by atoms with Crippen molar-refractivity contribution in [2.75, 3.05) is 6.54 Å². The van der Waals surface area contributed by atoms with Crippen LogP contribution in [0.2, 0.25) is 0 Å². The molecule has 7 nitrogen and oxygen atoms in total. The molecule has 4 rings (SSSR count). The number of rotatable bonds is 6. The number of hydrogen-bond acceptors (Lipinski definition) is 5. The largest absolute Gasteiger partial charge is 0.474 e. The first-order chi connectivity index (χ1) is 14.0. The Kier molecular flexibility index (Phi) is 5.22. The van der Waals surface area contributed by atoms with Crippen LogP contribution in [0.5, 0.6) is 5.88 Å². The highest BCUT2D eigenvalue weighted by Gasteiger charge is 2.35. The van der Waals surface area contributed by atoms with E-state index in [1.54, 1.807) is 17.2 Å². The SMILES string of the molecule is CCNC(=O)c1nccc2c1CN(C(C)c1cnc(OC3CCC3)c(C)c1)C2=O. The number of carbonyl (C=O) groups excluding carboxylic acids is 2. The van der Waals surface area contributed by atoms with Gasteiger partial charge in [-0.1, -0.05) is 0 Å². The second-order valence-corrected chi connectivity index (χ2v) is 7.72. The predicted octanol–water partition coefficient (Wildman–Crippen LogP) is 3.18. The highest BCUT2D eigenvalue weighted by molar-refractivity contribution is 6.03. The van der Waals surface area contributed by atoms with E-state index in [-0.39, 0.29) is 24.0 Å². The molecular formula is C22H26N4O3. The lowest BCUT2D eigenvalue weighted by atomic mass is 9.96. The first kappa shape index (κ1) is 19.4. The highest BCUT2D eigenvalue weighted by atomic mass is 16.5. The molecule has 1 aliphatic carbocycles. The van der Waals surface area contributed by atoms with Crippen molar-refractivity contribution in [2.45, 2.75) is 58.7 Å². The van der Waals surface area contributed by atoms with Gasteiger partial charge in [0.05, 0.1) is 6.04 Å². The summed E-state index contributed by atoms with van der Waals surface area (Å²) in [5.41, 5.74) is 3.46. The molecule has 29 heavy (non-hydrogen) atoms. The number of nitrogens with zero attached hydrogens (tertiary/aromatic N) is 3. The van der Waals surface area contributed by atoms with Crippen LogP contribution in [0.15, 0.2) is 24.5 Å². The van der Waals surface area contributed by atoms with E-state index in [9.17, 15) is 9.59 Å². The van der Waals surface area contributed by atoms with Gasteiger partial charge in [-0.2, -0.15) is 0 Å². The molecule has 1 aliphatic heterocycles. The second kappa shape index (κ2) is 7.81. The molecule has 1 fully saturated rings. The first-order valence-electron chi connectivity index (χ1n) is 10.2. The van der Waals surface area contributed by atoms with Gasteiger partial charge in [0.2, 0.25) is 5.88 Å². The molecule has 0 radical (unpaired) electrons. The predicted molar refractivity (Wildman–Crippen MR) is 108 cm³/mol. The summed E-state index contributed by atoms with van der Waals surface area (Å²) in [6, 6.07) is 3.54. The number of nitrogens with one attached hydrogen (secondary N) is 1. The van der Waals surface area contributed by atoms with Crippen LogP contribution in [0.1, 0.15) is 76.7 Å². The Bertz CT molecular complexity index is 955. The van der Waals surface area contributed by atoms with Crippen LogP contribution in [0.4, 0.5) is 0 Å². The van der Waals surface area contributed by atoms with Crippen LogP contribution in [0, 0.1) is 6.92 Å². The molecule has 2 aromatic rings. The third-order valence-corrected chi connectivity index (χ3v) is 5.76. The van der Waals surface area contributed by atoms with Gasteiger partial charge in [-0.25, -0.2) is 4.98 Å². The molecule has 1 N–H and O–H groups in total. The van der Waals surface area contributed by atoms with Crippen LogP contribution in [-0.2, 0) is 6.54 Å².